The van der Waals surface area contributed by atoms with Gasteiger partial charge in [0.25, 0.3) is 5.91 Å². The summed E-state index contributed by atoms with van der Waals surface area (Å²) in [5, 5.41) is 2.84. The number of hydrogen-bond acceptors (Lipinski definition) is 6. The Labute approximate surface area is 227 Å². The summed E-state index contributed by atoms with van der Waals surface area (Å²) in [7, 11) is 0. The second-order valence-electron chi connectivity index (χ2n) is 9.30. The van der Waals surface area contributed by atoms with Crippen molar-refractivity contribution in [1.82, 2.24) is 10.2 Å². The fourth-order valence-corrected chi connectivity index (χ4v) is 4.78. The molecule has 2 atom stereocenters. The molecule has 1 heterocycles. The minimum absolute atomic E-state index is 0.0519. The molecule has 4 rings (SSSR count). The van der Waals surface area contributed by atoms with E-state index in [1.807, 2.05) is 42.5 Å². The zero-order chi connectivity index (χ0) is 26.9. The van der Waals surface area contributed by atoms with Crippen LogP contribution in [0, 0.1) is 0 Å². The number of thiocarbonyl (C=S) groups is 1. The fourth-order valence-electron chi connectivity index (χ4n) is 4.58. The molecule has 0 saturated carbocycles. The molecule has 0 bridgehead atoms. The molecule has 2 aromatic carbocycles. The van der Waals surface area contributed by atoms with Crippen LogP contribution >= 0.6 is 12.2 Å². The molecule has 0 radical (unpaired) electrons. The number of ether oxygens (including phenoxy) is 1. The molecule has 0 aromatic heterocycles. The van der Waals surface area contributed by atoms with Gasteiger partial charge in [0.2, 0.25) is 5.91 Å². The van der Waals surface area contributed by atoms with Crippen LogP contribution in [0.5, 0.6) is 0 Å². The van der Waals surface area contributed by atoms with E-state index in [0.717, 1.165) is 5.56 Å². The first kappa shape index (κ1) is 27.1. The highest BCUT2D eigenvalue weighted by molar-refractivity contribution is 7.80. The summed E-state index contributed by atoms with van der Waals surface area (Å²) in [4.78, 5) is 54.0. The number of benzene rings is 2. The molecule has 2 aliphatic rings. The maximum atomic E-state index is 13.2. The van der Waals surface area contributed by atoms with E-state index in [4.69, 9.17) is 17.0 Å². The summed E-state index contributed by atoms with van der Waals surface area (Å²) in [6, 6.07) is 16.6. The van der Waals surface area contributed by atoms with E-state index >= 15 is 0 Å². The van der Waals surface area contributed by atoms with Gasteiger partial charge in [-0.25, -0.2) is 4.79 Å². The van der Waals surface area contributed by atoms with Crippen LogP contribution in [-0.2, 0) is 25.5 Å². The molecule has 1 aliphatic heterocycles. The number of hydrogen-bond donors (Lipinski definition) is 1. The minimum atomic E-state index is -0.787. The topological polar surface area (TPSA) is 92.8 Å². The fraction of sp³-hybridized carbons (Fsp3) is 0.300. The first-order valence-corrected chi connectivity index (χ1v) is 13.2. The molecule has 2 aromatic rings. The van der Waals surface area contributed by atoms with Gasteiger partial charge in [-0.2, -0.15) is 0 Å². The third-order valence-corrected chi connectivity index (χ3v) is 6.98. The molecule has 0 unspecified atom stereocenters. The molecular formula is C30H30N2O5S. The molecule has 38 heavy (non-hydrogen) atoms. The molecule has 7 nitrogen and oxygen atoms in total. The Hall–Kier alpha value is -3.91. The zero-order valence-electron chi connectivity index (χ0n) is 21.0. The van der Waals surface area contributed by atoms with Crippen molar-refractivity contribution in [3.63, 3.8) is 0 Å². The number of nitrogens with one attached hydrogen (secondary N) is 1. The lowest BCUT2D eigenvalue weighted by Crippen LogP contribution is -2.44. The Morgan fingerprint density at radius 1 is 1.00 bits per heavy atom. The number of nitrogens with zero attached hydrogens (tertiary/aromatic N) is 1. The van der Waals surface area contributed by atoms with Crippen LogP contribution in [0.25, 0.3) is 0 Å². The lowest BCUT2D eigenvalue weighted by Gasteiger charge is -2.24. The molecule has 1 aliphatic carbocycles. The van der Waals surface area contributed by atoms with Gasteiger partial charge in [0.1, 0.15) is 11.8 Å². The minimum Gasteiger partial charge on any atom is -0.424 e. The average Bonchev–Trinajstić information content (AvgIpc) is 3.44. The largest absolute Gasteiger partial charge is 0.424 e. The third-order valence-electron chi connectivity index (χ3n) is 6.62. The Balaban J connectivity index is 1.38. The SMILES string of the molecule is O=C(N[C@H](Cc1ccccc1)C(=O)CCC(=O)N1CCC[C@H]1C(=O)OC1=CC=CCC1=S)c1ccccc1. The first-order chi connectivity index (χ1) is 18.4. The number of rotatable bonds is 10. The van der Waals surface area contributed by atoms with Crippen LogP contribution in [0.15, 0.2) is 84.7 Å². The third kappa shape index (κ3) is 7.10. The second-order valence-corrected chi connectivity index (χ2v) is 9.79. The van der Waals surface area contributed by atoms with Crippen LogP contribution in [0.3, 0.4) is 0 Å². The molecule has 0 spiro atoms. The molecular weight excluding hydrogens is 500 g/mol. The van der Waals surface area contributed by atoms with Crippen LogP contribution in [0.2, 0.25) is 0 Å². The highest BCUT2D eigenvalue weighted by Crippen LogP contribution is 2.23. The number of esters is 1. The normalized spacial score (nSPS) is 17.5. The van der Waals surface area contributed by atoms with Gasteiger partial charge < -0.3 is 15.0 Å². The van der Waals surface area contributed by atoms with E-state index in [0.29, 0.717) is 48.4 Å². The number of allylic oxidation sites excluding steroid dienone is 4. The van der Waals surface area contributed by atoms with Gasteiger partial charge in [0, 0.05) is 31.4 Å². The van der Waals surface area contributed by atoms with Crippen LogP contribution in [0.1, 0.15) is 48.0 Å². The molecule has 8 heteroatoms. The van der Waals surface area contributed by atoms with Gasteiger partial charge in [0.15, 0.2) is 5.78 Å². The van der Waals surface area contributed by atoms with Crippen molar-refractivity contribution in [1.29, 1.82) is 0 Å². The number of ketones is 1. The van der Waals surface area contributed by atoms with E-state index in [1.165, 1.54) is 4.90 Å². The maximum Gasteiger partial charge on any atom is 0.334 e. The van der Waals surface area contributed by atoms with Gasteiger partial charge in [0.05, 0.1) is 10.9 Å². The summed E-state index contributed by atoms with van der Waals surface area (Å²) < 4.78 is 5.51. The zero-order valence-corrected chi connectivity index (χ0v) is 21.8. The van der Waals surface area contributed by atoms with Crippen LogP contribution in [0.4, 0.5) is 0 Å². The Morgan fingerprint density at radius 3 is 2.42 bits per heavy atom. The second kappa shape index (κ2) is 13.1. The Bertz CT molecular complexity index is 1260. The van der Waals surface area contributed by atoms with Crippen LogP contribution < -0.4 is 5.32 Å². The first-order valence-electron chi connectivity index (χ1n) is 12.8. The van der Waals surface area contributed by atoms with Crippen molar-refractivity contribution >= 4 is 40.6 Å². The maximum absolute atomic E-state index is 13.2. The smallest absolute Gasteiger partial charge is 0.334 e. The molecule has 2 amide bonds. The summed E-state index contributed by atoms with van der Waals surface area (Å²) in [5.74, 6) is -1.04. The van der Waals surface area contributed by atoms with E-state index in [2.05, 4.69) is 5.32 Å². The summed E-state index contributed by atoms with van der Waals surface area (Å²) >= 11 is 5.26. The highest BCUT2D eigenvalue weighted by atomic mass is 32.1. The van der Waals surface area contributed by atoms with Crippen molar-refractivity contribution in [2.75, 3.05) is 6.54 Å². The predicted molar refractivity (Wildman–Crippen MR) is 147 cm³/mol. The average molecular weight is 531 g/mol. The van der Waals surface area contributed by atoms with Gasteiger partial charge in [-0.15, -0.1) is 0 Å². The van der Waals surface area contributed by atoms with Crippen molar-refractivity contribution in [3.8, 4) is 0 Å². The lowest BCUT2D eigenvalue weighted by molar-refractivity contribution is -0.149. The molecule has 1 saturated heterocycles. The van der Waals surface area contributed by atoms with Crippen molar-refractivity contribution in [2.24, 2.45) is 0 Å². The predicted octanol–water partition coefficient (Wildman–Crippen LogP) is 4.12. The molecule has 1 N–H and O–H groups in total. The van der Waals surface area contributed by atoms with Gasteiger partial charge >= 0.3 is 5.97 Å². The van der Waals surface area contributed by atoms with E-state index in [-0.39, 0.29) is 30.4 Å². The standard InChI is InChI=1S/C30H30N2O5S/c33-25(23(20-21-10-3-1-4-11-21)31-29(35)22-12-5-2-6-13-22)17-18-28(34)32-19-9-14-24(32)30(36)37-26-15-7-8-16-27(26)38/h1-8,10-13,15,23-24H,9,14,16-20H2,(H,31,35)/t23-,24+/m1/s1. The van der Waals surface area contributed by atoms with E-state index in [1.54, 1.807) is 36.4 Å². The highest BCUT2D eigenvalue weighted by Gasteiger charge is 2.36. The van der Waals surface area contributed by atoms with Crippen molar-refractivity contribution < 1.29 is 23.9 Å². The Morgan fingerprint density at radius 2 is 1.71 bits per heavy atom. The molecule has 196 valence electrons. The van der Waals surface area contributed by atoms with Gasteiger partial charge in [-0.05, 0) is 43.0 Å². The number of likely N-dealkylation sites (tertiary alicyclic amines) is 1. The van der Waals surface area contributed by atoms with Gasteiger partial charge in [-0.3, -0.25) is 14.4 Å². The lowest BCUT2D eigenvalue weighted by atomic mass is 9.98. The number of amides is 2. The summed E-state index contributed by atoms with van der Waals surface area (Å²) in [6.07, 6.45) is 7.23. The summed E-state index contributed by atoms with van der Waals surface area (Å²) in [6.45, 7) is 0.425. The monoisotopic (exact) mass is 530 g/mol. The molecule has 1 fully saturated rings. The number of Topliss-reactive ketones (excluding diaryl/α,β-unsaturated/α-hetero) is 1. The van der Waals surface area contributed by atoms with Gasteiger partial charge in [-0.1, -0.05) is 72.9 Å². The summed E-state index contributed by atoms with van der Waals surface area (Å²) in [5.41, 5.74) is 1.36. The quantitative estimate of drug-likeness (QED) is 0.367. The van der Waals surface area contributed by atoms with Crippen LogP contribution in [-0.4, -0.2) is 52.0 Å². The van der Waals surface area contributed by atoms with Crippen molar-refractivity contribution in [2.45, 2.75) is 50.6 Å². The van der Waals surface area contributed by atoms with E-state index < -0.39 is 18.1 Å². The Kier molecular flexibility index (Phi) is 9.32. The van der Waals surface area contributed by atoms with E-state index in [9.17, 15) is 19.2 Å². The van der Waals surface area contributed by atoms with Crippen molar-refractivity contribution in [3.05, 3.63) is 95.8 Å². The number of carbonyl (C=O) groups excluding carboxylic acids is 4. The number of carbonyl (C=O) groups is 4.